The van der Waals surface area contributed by atoms with Crippen molar-refractivity contribution in [3.05, 3.63) is 69.2 Å². The second-order valence-electron chi connectivity index (χ2n) is 5.06. The minimum absolute atomic E-state index is 0.0736. The molecule has 0 saturated carbocycles. The van der Waals surface area contributed by atoms with Crippen molar-refractivity contribution >= 4 is 44.3 Å². The highest BCUT2D eigenvalue weighted by Crippen LogP contribution is 2.39. The van der Waals surface area contributed by atoms with E-state index in [1.807, 2.05) is 12.1 Å². The summed E-state index contributed by atoms with van der Waals surface area (Å²) in [6.07, 6.45) is 0. The highest BCUT2D eigenvalue weighted by Gasteiger charge is 2.22. The molecule has 0 aliphatic rings. The summed E-state index contributed by atoms with van der Waals surface area (Å²) in [4.78, 5) is 12.5. The molecule has 0 unspecified atom stereocenters. The van der Waals surface area contributed by atoms with Crippen LogP contribution in [0.15, 0.2) is 53.0 Å². The molecular formula is C18H12BrClO3. The summed E-state index contributed by atoms with van der Waals surface area (Å²) >= 11 is 9.72. The fourth-order valence-corrected chi connectivity index (χ4v) is 3.04. The minimum Gasteiger partial charge on any atom is -0.506 e. The molecule has 3 aromatic carbocycles. The lowest BCUT2D eigenvalue weighted by molar-refractivity contribution is 0.0731. The van der Waals surface area contributed by atoms with E-state index in [1.165, 1.54) is 0 Å². The van der Waals surface area contributed by atoms with Gasteiger partial charge in [-0.1, -0.05) is 51.8 Å². The number of phenols is 1. The average molecular weight is 392 g/mol. The van der Waals surface area contributed by atoms with Crippen LogP contribution >= 0.6 is 27.5 Å². The van der Waals surface area contributed by atoms with Gasteiger partial charge in [0.1, 0.15) is 17.1 Å². The van der Waals surface area contributed by atoms with Gasteiger partial charge in [-0.3, -0.25) is 0 Å². The topological polar surface area (TPSA) is 46.5 Å². The number of benzene rings is 3. The second-order valence-corrected chi connectivity index (χ2v) is 6.35. The number of ether oxygens (including phenoxy) is 1. The normalized spacial score (nSPS) is 10.7. The Morgan fingerprint density at radius 2 is 1.83 bits per heavy atom. The Kier molecular flexibility index (Phi) is 4.28. The number of carbonyl (C=O) groups is 1. The van der Waals surface area contributed by atoms with E-state index in [4.69, 9.17) is 16.3 Å². The molecule has 3 nitrogen and oxygen atoms in total. The molecule has 1 N–H and O–H groups in total. The van der Waals surface area contributed by atoms with Gasteiger partial charge in [-0.05, 0) is 36.8 Å². The summed E-state index contributed by atoms with van der Waals surface area (Å²) < 4.78 is 6.11. The fourth-order valence-electron chi connectivity index (χ4n) is 2.42. The van der Waals surface area contributed by atoms with Gasteiger partial charge >= 0.3 is 5.97 Å². The number of hydrogen-bond donors (Lipinski definition) is 1. The average Bonchev–Trinajstić information content (AvgIpc) is 2.54. The lowest BCUT2D eigenvalue weighted by Crippen LogP contribution is -2.11. The van der Waals surface area contributed by atoms with Gasteiger partial charge in [0.2, 0.25) is 0 Å². The van der Waals surface area contributed by atoms with Crippen molar-refractivity contribution < 1.29 is 14.6 Å². The highest BCUT2D eigenvalue weighted by atomic mass is 79.9. The van der Waals surface area contributed by atoms with Crippen LogP contribution in [0.3, 0.4) is 0 Å². The molecule has 0 fully saturated rings. The van der Waals surface area contributed by atoms with Crippen molar-refractivity contribution in [2.45, 2.75) is 6.92 Å². The molecule has 0 aliphatic heterocycles. The van der Waals surface area contributed by atoms with Gasteiger partial charge in [0.05, 0.1) is 5.02 Å². The number of carbonyl (C=O) groups excluding carboxylic acids is 1. The van der Waals surface area contributed by atoms with Crippen molar-refractivity contribution in [2.75, 3.05) is 0 Å². The monoisotopic (exact) mass is 390 g/mol. The predicted molar refractivity (Wildman–Crippen MR) is 94.5 cm³/mol. The SMILES string of the molecule is Cc1c(C(=O)Oc2ccccc2)c(O)c2cc(Br)ccc2c1Cl. The highest BCUT2D eigenvalue weighted by molar-refractivity contribution is 9.10. The number of fused-ring (bicyclic) bond motifs is 1. The maximum absolute atomic E-state index is 12.5. The van der Waals surface area contributed by atoms with E-state index in [0.29, 0.717) is 27.1 Å². The number of rotatable bonds is 2. The smallest absolute Gasteiger partial charge is 0.347 e. The van der Waals surface area contributed by atoms with Crippen LogP contribution in [0.5, 0.6) is 11.5 Å². The molecule has 0 aliphatic carbocycles. The number of esters is 1. The van der Waals surface area contributed by atoms with Crippen LogP contribution < -0.4 is 4.74 Å². The van der Waals surface area contributed by atoms with E-state index in [1.54, 1.807) is 43.3 Å². The second kappa shape index (κ2) is 6.22. The van der Waals surface area contributed by atoms with Crippen LogP contribution in [-0.2, 0) is 0 Å². The summed E-state index contributed by atoms with van der Waals surface area (Å²) in [5.41, 5.74) is 0.560. The number of halogens is 2. The van der Waals surface area contributed by atoms with Crippen LogP contribution in [0.25, 0.3) is 10.8 Å². The third-order valence-electron chi connectivity index (χ3n) is 3.57. The van der Waals surface area contributed by atoms with Gasteiger partial charge in [0, 0.05) is 15.2 Å². The van der Waals surface area contributed by atoms with Crippen molar-refractivity contribution in [3.63, 3.8) is 0 Å². The lowest BCUT2D eigenvalue weighted by Gasteiger charge is -2.14. The van der Waals surface area contributed by atoms with Crippen molar-refractivity contribution in [2.24, 2.45) is 0 Å². The lowest BCUT2D eigenvalue weighted by atomic mass is 10.00. The van der Waals surface area contributed by atoms with E-state index in [9.17, 15) is 9.90 Å². The van der Waals surface area contributed by atoms with Crippen molar-refractivity contribution in [1.82, 2.24) is 0 Å². The first kappa shape index (κ1) is 15.8. The maximum Gasteiger partial charge on any atom is 0.347 e. The number of para-hydroxylation sites is 1. The van der Waals surface area contributed by atoms with Gasteiger partial charge < -0.3 is 9.84 Å². The molecule has 0 bridgehead atoms. The summed E-state index contributed by atoms with van der Waals surface area (Å²) in [6, 6.07) is 14.0. The number of phenolic OH excluding ortho intramolecular Hbond substituents is 1. The predicted octanol–water partition coefficient (Wildman–Crippen LogP) is 5.49. The Bertz CT molecular complexity index is 907. The van der Waals surface area contributed by atoms with Crippen molar-refractivity contribution in [3.8, 4) is 11.5 Å². The van der Waals surface area contributed by atoms with E-state index in [-0.39, 0.29) is 11.3 Å². The zero-order valence-electron chi connectivity index (χ0n) is 12.1. The quantitative estimate of drug-likeness (QED) is 0.464. The summed E-state index contributed by atoms with van der Waals surface area (Å²) in [5, 5.41) is 12.1. The first-order valence-corrected chi connectivity index (χ1v) is 8.03. The molecule has 0 saturated heterocycles. The van der Waals surface area contributed by atoms with Crippen LogP contribution in [0.4, 0.5) is 0 Å². The molecule has 0 radical (unpaired) electrons. The molecular weight excluding hydrogens is 380 g/mol. The third-order valence-corrected chi connectivity index (χ3v) is 4.55. The Balaban J connectivity index is 2.15. The molecule has 0 spiro atoms. The molecule has 0 amide bonds. The molecule has 116 valence electrons. The molecule has 23 heavy (non-hydrogen) atoms. The Morgan fingerprint density at radius 1 is 1.13 bits per heavy atom. The zero-order valence-corrected chi connectivity index (χ0v) is 14.5. The first-order valence-electron chi connectivity index (χ1n) is 6.86. The summed E-state index contributed by atoms with van der Waals surface area (Å²) in [6.45, 7) is 1.69. The molecule has 3 rings (SSSR count). The molecule has 0 atom stereocenters. The number of aromatic hydroxyl groups is 1. The van der Waals surface area contributed by atoms with Gasteiger partial charge in [-0.25, -0.2) is 4.79 Å². The largest absolute Gasteiger partial charge is 0.506 e. The van der Waals surface area contributed by atoms with Crippen LogP contribution in [-0.4, -0.2) is 11.1 Å². The van der Waals surface area contributed by atoms with E-state index >= 15 is 0 Å². The molecule has 0 aromatic heterocycles. The van der Waals surface area contributed by atoms with E-state index in [0.717, 1.165) is 4.47 Å². The minimum atomic E-state index is -0.644. The third kappa shape index (κ3) is 2.92. The fraction of sp³-hybridized carbons (Fsp3) is 0.0556. The van der Waals surface area contributed by atoms with Gasteiger partial charge in [0.15, 0.2) is 0 Å². The number of hydrogen-bond acceptors (Lipinski definition) is 3. The summed E-state index contributed by atoms with van der Waals surface area (Å²) in [5.74, 6) is -0.374. The van der Waals surface area contributed by atoms with E-state index < -0.39 is 5.97 Å². The molecule has 5 heteroatoms. The first-order chi connectivity index (χ1) is 11.0. The van der Waals surface area contributed by atoms with E-state index in [2.05, 4.69) is 15.9 Å². The molecule has 3 aromatic rings. The Hall–Kier alpha value is -2.04. The van der Waals surface area contributed by atoms with Gasteiger partial charge in [-0.2, -0.15) is 0 Å². The Labute approximate surface area is 146 Å². The van der Waals surface area contributed by atoms with Crippen LogP contribution in [0, 0.1) is 6.92 Å². The summed E-state index contributed by atoms with van der Waals surface area (Å²) in [7, 11) is 0. The van der Waals surface area contributed by atoms with Crippen LogP contribution in [0.1, 0.15) is 15.9 Å². The Morgan fingerprint density at radius 3 is 2.52 bits per heavy atom. The van der Waals surface area contributed by atoms with Crippen LogP contribution in [0.2, 0.25) is 5.02 Å². The maximum atomic E-state index is 12.5. The molecule has 0 heterocycles. The van der Waals surface area contributed by atoms with Gasteiger partial charge in [-0.15, -0.1) is 0 Å². The van der Waals surface area contributed by atoms with Gasteiger partial charge in [0.25, 0.3) is 0 Å². The standard InChI is InChI=1S/C18H12BrClO3/c1-10-15(18(22)23-12-5-3-2-4-6-12)17(21)14-9-11(19)7-8-13(14)16(10)20/h2-9,21H,1H3. The van der Waals surface area contributed by atoms with Crippen molar-refractivity contribution in [1.29, 1.82) is 0 Å². The zero-order chi connectivity index (χ0) is 16.6.